The highest BCUT2D eigenvalue weighted by Gasteiger charge is 2.20. The second-order valence-corrected chi connectivity index (χ2v) is 7.75. The molecule has 1 aliphatic heterocycles. The van der Waals surface area contributed by atoms with Crippen LogP contribution >= 0.6 is 0 Å². The Morgan fingerprint density at radius 1 is 1.14 bits per heavy atom. The first-order valence-corrected chi connectivity index (χ1v) is 9.80. The van der Waals surface area contributed by atoms with E-state index in [-0.39, 0.29) is 18.4 Å². The van der Waals surface area contributed by atoms with Gasteiger partial charge in [0.1, 0.15) is 12.1 Å². The van der Waals surface area contributed by atoms with Gasteiger partial charge in [0, 0.05) is 13.5 Å². The van der Waals surface area contributed by atoms with Crippen molar-refractivity contribution in [2.45, 2.75) is 71.3 Å². The molecule has 0 bridgehead atoms. The quantitative estimate of drug-likeness (QED) is 0.500. The Bertz CT molecular complexity index is 593. The van der Waals surface area contributed by atoms with Crippen LogP contribution in [0.25, 0.3) is 0 Å². The first-order chi connectivity index (χ1) is 13.2. The Morgan fingerprint density at radius 3 is 2.43 bits per heavy atom. The maximum atomic E-state index is 12.2. The number of esters is 1. The number of carbonyl (C=O) groups is 3. The number of likely N-dealkylation sites (N-methyl/N-ethyl adjacent to an activating group) is 1. The van der Waals surface area contributed by atoms with Gasteiger partial charge < -0.3 is 14.4 Å². The van der Waals surface area contributed by atoms with Crippen LogP contribution in [0.5, 0.6) is 0 Å². The molecular weight excluding hydrogens is 362 g/mol. The van der Waals surface area contributed by atoms with Gasteiger partial charge >= 0.3 is 12.1 Å². The summed E-state index contributed by atoms with van der Waals surface area (Å²) in [6, 6.07) is 0. The summed E-state index contributed by atoms with van der Waals surface area (Å²) < 4.78 is 10.4. The topological polar surface area (TPSA) is 97.3 Å². The van der Waals surface area contributed by atoms with Crippen LogP contribution in [0.3, 0.4) is 0 Å². The van der Waals surface area contributed by atoms with Crippen molar-refractivity contribution in [3.63, 3.8) is 0 Å². The number of hydrogen-bond acceptors (Lipinski definition) is 5. The third-order valence-electron chi connectivity index (χ3n) is 3.79. The second-order valence-electron chi connectivity index (χ2n) is 7.75. The molecule has 1 heterocycles. The molecule has 2 amide bonds. The third kappa shape index (κ3) is 11.4. The Balaban J connectivity index is 2.86. The number of ether oxygens (including phenoxy) is 2. The third-order valence-corrected chi connectivity index (χ3v) is 3.79. The molecular formula is C20H33N3O5. The number of hydrogen-bond donors (Lipinski definition) is 1. The standard InChI is InChI=1S/C20H33N3O5/c1-20(2,3)28-19(26)22-18-21-16(24)13-11-9-7-5-6-8-10-12-14-27-17(25)15-23(18)4/h5-6H,7-15H2,1-4H3,(H,21,22,24,26)/b6-5-. The lowest BCUT2D eigenvalue weighted by Gasteiger charge is -2.22. The minimum Gasteiger partial charge on any atom is -0.464 e. The molecule has 0 radical (unpaired) electrons. The summed E-state index contributed by atoms with van der Waals surface area (Å²) in [5.41, 5.74) is -0.715. The highest BCUT2D eigenvalue weighted by atomic mass is 16.6. The molecule has 0 saturated heterocycles. The fraction of sp³-hybridized carbons (Fsp3) is 0.700. The normalized spacial score (nSPS) is 21.4. The van der Waals surface area contributed by atoms with Crippen molar-refractivity contribution < 1.29 is 23.9 Å². The van der Waals surface area contributed by atoms with Gasteiger partial charge in [0.25, 0.3) is 0 Å². The summed E-state index contributed by atoms with van der Waals surface area (Å²) in [4.78, 5) is 41.5. The molecule has 0 unspecified atom stereocenters. The molecule has 0 aliphatic carbocycles. The molecule has 1 rings (SSSR count). The number of allylic oxidation sites excluding steroid dienone is 2. The van der Waals surface area contributed by atoms with Gasteiger partial charge in [-0.3, -0.25) is 14.9 Å². The molecule has 8 heteroatoms. The van der Waals surface area contributed by atoms with Crippen molar-refractivity contribution in [2.75, 3.05) is 20.2 Å². The van der Waals surface area contributed by atoms with Gasteiger partial charge in [-0.2, -0.15) is 0 Å². The molecule has 1 N–H and O–H groups in total. The molecule has 0 aromatic rings. The van der Waals surface area contributed by atoms with E-state index in [9.17, 15) is 14.4 Å². The SMILES string of the molecule is CN1CC(=O)OCCCC/C=C\CCCCC(=O)N/C1=N/C(=O)OC(C)(C)C. The summed E-state index contributed by atoms with van der Waals surface area (Å²) in [5, 5.41) is 2.61. The number of cyclic esters (lactones) is 1. The van der Waals surface area contributed by atoms with Gasteiger partial charge in [-0.05, 0) is 59.3 Å². The lowest BCUT2D eigenvalue weighted by Crippen LogP contribution is -2.45. The van der Waals surface area contributed by atoms with Gasteiger partial charge in [-0.25, -0.2) is 4.79 Å². The first-order valence-electron chi connectivity index (χ1n) is 9.80. The zero-order chi connectivity index (χ0) is 21.0. The van der Waals surface area contributed by atoms with E-state index in [1.807, 2.05) is 0 Å². The summed E-state index contributed by atoms with van der Waals surface area (Å²) in [7, 11) is 1.56. The minimum atomic E-state index is -0.834. The van der Waals surface area contributed by atoms with Gasteiger partial charge in [0.15, 0.2) is 0 Å². The number of nitrogens with zero attached hydrogens (tertiary/aromatic N) is 2. The molecule has 0 aromatic carbocycles. The summed E-state index contributed by atoms with van der Waals surface area (Å²) in [5.74, 6) is -0.746. The zero-order valence-corrected chi connectivity index (χ0v) is 17.5. The van der Waals surface area contributed by atoms with E-state index in [1.165, 1.54) is 4.90 Å². The number of guanidine groups is 1. The van der Waals surface area contributed by atoms with Gasteiger partial charge in [-0.1, -0.05) is 12.2 Å². The Kier molecular flexibility index (Phi) is 10.3. The maximum Gasteiger partial charge on any atom is 0.437 e. The van der Waals surface area contributed by atoms with Crippen LogP contribution in [0, 0.1) is 0 Å². The van der Waals surface area contributed by atoms with Crippen molar-refractivity contribution >= 4 is 23.9 Å². The van der Waals surface area contributed by atoms with E-state index in [1.54, 1.807) is 27.8 Å². The van der Waals surface area contributed by atoms with Crippen molar-refractivity contribution in [3.8, 4) is 0 Å². The number of carbonyl (C=O) groups excluding carboxylic acids is 3. The number of nitrogens with one attached hydrogen (secondary N) is 1. The molecule has 0 spiro atoms. The molecule has 158 valence electrons. The first kappa shape index (κ1) is 23.7. The Labute approximate surface area is 167 Å². The summed E-state index contributed by atoms with van der Waals surface area (Å²) in [6.45, 7) is 5.37. The molecule has 0 fully saturated rings. The van der Waals surface area contributed by atoms with Crippen LogP contribution in [0.1, 0.15) is 65.7 Å². The van der Waals surface area contributed by atoms with E-state index in [0.29, 0.717) is 13.0 Å². The maximum absolute atomic E-state index is 12.2. The van der Waals surface area contributed by atoms with Crippen molar-refractivity contribution in [1.29, 1.82) is 0 Å². The highest BCUT2D eigenvalue weighted by Crippen LogP contribution is 2.09. The van der Waals surface area contributed by atoms with Gasteiger partial charge in [0.2, 0.25) is 11.9 Å². The van der Waals surface area contributed by atoms with Crippen LogP contribution in [-0.4, -0.2) is 54.6 Å². The average Bonchev–Trinajstić information content (AvgIpc) is 2.56. The van der Waals surface area contributed by atoms with Crippen LogP contribution in [0.4, 0.5) is 4.79 Å². The Morgan fingerprint density at radius 2 is 1.79 bits per heavy atom. The summed E-state index contributed by atoms with van der Waals surface area (Å²) in [6.07, 6.45) is 8.94. The van der Waals surface area contributed by atoms with Crippen molar-refractivity contribution in [1.82, 2.24) is 10.2 Å². The molecule has 1 aliphatic rings. The lowest BCUT2D eigenvalue weighted by molar-refractivity contribution is -0.144. The van der Waals surface area contributed by atoms with Crippen molar-refractivity contribution in [2.24, 2.45) is 4.99 Å². The monoisotopic (exact) mass is 395 g/mol. The second kappa shape index (κ2) is 12.2. The summed E-state index contributed by atoms with van der Waals surface area (Å²) >= 11 is 0. The number of rotatable bonds is 0. The predicted octanol–water partition coefficient (Wildman–Crippen LogP) is 3.17. The zero-order valence-electron chi connectivity index (χ0n) is 17.5. The van der Waals surface area contributed by atoms with Crippen LogP contribution in [-0.2, 0) is 19.1 Å². The van der Waals surface area contributed by atoms with Crippen LogP contribution in [0.15, 0.2) is 17.1 Å². The lowest BCUT2D eigenvalue weighted by atomic mass is 10.1. The average molecular weight is 396 g/mol. The molecule has 28 heavy (non-hydrogen) atoms. The molecule has 0 saturated carbocycles. The fourth-order valence-corrected chi connectivity index (χ4v) is 2.42. The van der Waals surface area contributed by atoms with Gasteiger partial charge in [0.05, 0.1) is 6.61 Å². The highest BCUT2D eigenvalue weighted by molar-refractivity contribution is 6.01. The number of aliphatic imine (C=N–C) groups is 1. The van der Waals surface area contributed by atoms with Crippen molar-refractivity contribution in [3.05, 3.63) is 12.2 Å². The van der Waals surface area contributed by atoms with Gasteiger partial charge in [-0.15, -0.1) is 4.99 Å². The van der Waals surface area contributed by atoms with E-state index in [2.05, 4.69) is 22.5 Å². The largest absolute Gasteiger partial charge is 0.464 e. The van der Waals surface area contributed by atoms with E-state index < -0.39 is 17.7 Å². The smallest absolute Gasteiger partial charge is 0.437 e. The fourth-order valence-electron chi connectivity index (χ4n) is 2.42. The Hall–Kier alpha value is -2.38. The minimum absolute atomic E-state index is 0.0274. The molecule has 8 nitrogen and oxygen atoms in total. The predicted molar refractivity (Wildman–Crippen MR) is 107 cm³/mol. The van der Waals surface area contributed by atoms with Crippen LogP contribution in [0.2, 0.25) is 0 Å². The molecule has 0 atom stereocenters. The van der Waals surface area contributed by atoms with Crippen LogP contribution < -0.4 is 5.32 Å². The van der Waals surface area contributed by atoms with E-state index in [4.69, 9.17) is 9.47 Å². The number of amides is 2. The molecule has 0 aromatic heterocycles. The van der Waals surface area contributed by atoms with E-state index in [0.717, 1.165) is 38.5 Å². The van der Waals surface area contributed by atoms with E-state index >= 15 is 0 Å².